The number of nitrogens with zero attached hydrogens (tertiary/aromatic N) is 1. The van der Waals surface area contributed by atoms with Crippen molar-refractivity contribution in [2.75, 3.05) is 13.2 Å². The van der Waals surface area contributed by atoms with Gasteiger partial charge in [-0.15, -0.1) is 0 Å². The van der Waals surface area contributed by atoms with Crippen molar-refractivity contribution < 1.29 is 9.47 Å². The normalized spacial score (nSPS) is 9.95. The van der Waals surface area contributed by atoms with Gasteiger partial charge in [0.25, 0.3) is 0 Å². The zero-order chi connectivity index (χ0) is 15.1. The van der Waals surface area contributed by atoms with Crippen molar-refractivity contribution in [3.05, 3.63) is 59.2 Å². The van der Waals surface area contributed by atoms with Crippen LogP contribution in [0.25, 0.3) is 0 Å². The Balaban J connectivity index is 1.76. The van der Waals surface area contributed by atoms with Crippen molar-refractivity contribution in [1.82, 2.24) is 0 Å². The predicted octanol–water partition coefficient (Wildman–Crippen LogP) is 4.02. The maximum atomic E-state index is 8.97. The fourth-order valence-corrected chi connectivity index (χ4v) is 2.13. The first-order chi connectivity index (χ1) is 10.2. The van der Waals surface area contributed by atoms with Crippen LogP contribution in [-0.2, 0) is 0 Å². The molecule has 2 aromatic rings. The van der Waals surface area contributed by atoms with E-state index in [9.17, 15) is 0 Å². The third-order valence-corrected chi connectivity index (χ3v) is 3.02. The topological polar surface area (TPSA) is 42.2 Å². The zero-order valence-electron chi connectivity index (χ0n) is 12.4. The first-order valence-corrected chi connectivity index (χ1v) is 7.02. The third kappa shape index (κ3) is 4.54. The Bertz CT molecular complexity index is 624. The molecule has 0 fully saturated rings. The largest absolute Gasteiger partial charge is 0.493 e. The highest BCUT2D eigenvalue weighted by atomic mass is 16.5. The number of benzene rings is 2. The van der Waals surface area contributed by atoms with Gasteiger partial charge in [-0.2, -0.15) is 5.26 Å². The lowest BCUT2D eigenvalue weighted by Crippen LogP contribution is -2.05. The first kappa shape index (κ1) is 14.9. The van der Waals surface area contributed by atoms with Crippen LogP contribution in [-0.4, -0.2) is 13.2 Å². The summed E-state index contributed by atoms with van der Waals surface area (Å²) in [6.45, 7) is 5.24. The van der Waals surface area contributed by atoms with Crippen molar-refractivity contribution in [1.29, 1.82) is 5.26 Å². The van der Waals surface area contributed by atoms with Crippen LogP contribution in [0.15, 0.2) is 42.5 Å². The molecule has 0 aliphatic rings. The van der Waals surface area contributed by atoms with Gasteiger partial charge in [0.2, 0.25) is 0 Å². The van der Waals surface area contributed by atoms with Crippen molar-refractivity contribution in [3.8, 4) is 17.6 Å². The number of nitriles is 1. The Morgan fingerprint density at radius 1 is 0.952 bits per heavy atom. The van der Waals surface area contributed by atoms with Gasteiger partial charge in [0.1, 0.15) is 17.6 Å². The molecule has 0 atom stereocenters. The summed E-state index contributed by atoms with van der Waals surface area (Å²) in [5.74, 6) is 1.52. The van der Waals surface area contributed by atoms with Gasteiger partial charge in [-0.1, -0.05) is 18.2 Å². The molecule has 0 aliphatic carbocycles. The standard InChI is InChI=1S/C18H19NO2/c1-14-10-15(2)12-17(11-14)20-8-5-9-21-18-7-4-3-6-16(18)13-19/h3-4,6-7,10-12H,5,8-9H2,1-2H3. The van der Waals surface area contributed by atoms with E-state index in [1.807, 2.05) is 30.3 Å². The minimum absolute atomic E-state index is 0.531. The van der Waals surface area contributed by atoms with Gasteiger partial charge < -0.3 is 9.47 Å². The van der Waals surface area contributed by atoms with Crippen LogP contribution in [0, 0.1) is 25.2 Å². The molecule has 2 aromatic carbocycles. The van der Waals surface area contributed by atoms with E-state index >= 15 is 0 Å². The van der Waals surface area contributed by atoms with Crippen LogP contribution >= 0.6 is 0 Å². The molecule has 0 aromatic heterocycles. The molecule has 0 aliphatic heterocycles. The number of para-hydroxylation sites is 1. The molecule has 3 nitrogen and oxygen atoms in total. The second-order valence-electron chi connectivity index (χ2n) is 4.98. The maximum absolute atomic E-state index is 8.97. The van der Waals surface area contributed by atoms with Crippen LogP contribution in [0.1, 0.15) is 23.1 Å². The molecule has 0 bridgehead atoms. The summed E-state index contributed by atoms with van der Waals surface area (Å²) < 4.78 is 11.3. The maximum Gasteiger partial charge on any atom is 0.137 e. The highest BCUT2D eigenvalue weighted by Crippen LogP contribution is 2.18. The number of hydrogen-bond donors (Lipinski definition) is 0. The molecular weight excluding hydrogens is 262 g/mol. The summed E-state index contributed by atoms with van der Waals surface area (Å²) in [6.07, 6.45) is 0.771. The van der Waals surface area contributed by atoms with Gasteiger partial charge >= 0.3 is 0 Å². The summed E-state index contributed by atoms with van der Waals surface area (Å²) in [5.41, 5.74) is 2.96. The van der Waals surface area contributed by atoms with Crippen molar-refractivity contribution >= 4 is 0 Å². The van der Waals surface area contributed by atoms with E-state index in [4.69, 9.17) is 14.7 Å². The minimum atomic E-state index is 0.531. The highest BCUT2D eigenvalue weighted by molar-refractivity contribution is 5.42. The number of aryl methyl sites for hydroxylation is 2. The lowest BCUT2D eigenvalue weighted by Gasteiger charge is -2.10. The fourth-order valence-electron chi connectivity index (χ4n) is 2.13. The van der Waals surface area contributed by atoms with E-state index in [0.29, 0.717) is 24.5 Å². The molecule has 0 amide bonds. The van der Waals surface area contributed by atoms with Gasteiger partial charge in [-0.3, -0.25) is 0 Å². The molecule has 0 saturated carbocycles. The molecular formula is C18H19NO2. The second-order valence-corrected chi connectivity index (χ2v) is 4.98. The predicted molar refractivity (Wildman–Crippen MR) is 82.7 cm³/mol. The van der Waals surface area contributed by atoms with Crippen molar-refractivity contribution in [3.63, 3.8) is 0 Å². The molecule has 21 heavy (non-hydrogen) atoms. The van der Waals surface area contributed by atoms with Crippen LogP contribution in [0.5, 0.6) is 11.5 Å². The van der Waals surface area contributed by atoms with Crippen LogP contribution < -0.4 is 9.47 Å². The van der Waals surface area contributed by atoms with Crippen molar-refractivity contribution in [2.24, 2.45) is 0 Å². The average molecular weight is 281 g/mol. The fraction of sp³-hybridized carbons (Fsp3) is 0.278. The number of ether oxygens (including phenoxy) is 2. The van der Waals surface area contributed by atoms with Gasteiger partial charge in [-0.25, -0.2) is 0 Å². The Morgan fingerprint density at radius 3 is 2.33 bits per heavy atom. The second kappa shape index (κ2) is 7.35. The minimum Gasteiger partial charge on any atom is -0.493 e. The molecule has 0 saturated heterocycles. The van der Waals surface area contributed by atoms with E-state index in [0.717, 1.165) is 12.2 Å². The molecule has 2 rings (SSSR count). The quantitative estimate of drug-likeness (QED) is 0.751. The van der Waals surface area contributed by atoms with E-state index in [2.05, 4.69) is 26.0 Å². The van der Waals surface area contributed by atoms with Crippen LogP contribution in [0.3, 0.4) is 0 Å². The van der Waals surface area contributed by atoms with Crippen molar-refractivity contribution in [2.45, 2.75) is 20.3 Å². The molecule has 0 heterocycles. The Hall–Kier alpha value is -2.47. The summed E-state index contributed by atoms with van der Waals surface area (Å²) in [5, 5.41) is 8.97. The zero-order valence-corrected chi connectivity index (χ0v) is 12.4. The molecule has 0 spiro atoms. The van der Waals surface area contributed by atoms with Gasteiger partial charge in [0, 0.05) is 6.42 Å². The SMILES string of the molecule is Cc1cc(C)cc(OCCCOc2ccccc2C#N)c1. The third-order valence-electron chi connectivity index (χ3n) is 3.02. The van der Waals surface area contributed by atoms with Crippen LogP contribution in [0.2, 0.25) is 0 Å². The Morgan fingerprint density at radius 2 is 1.62 bits per heavy atom. The molecule has 3 heteroatoms. The summed E-state index contributed by atoms with van der Waals surface area (Å²) >= 11 is 0. The van der Waals surface area contributed by atoms with E-state index in [1.54, 1.807) is 6.07 Å². The molecule has 0 unspecified atom stereocenters. The highest BCUT2D eigenvalue weighted by Gasteiger charge is 2.01. The first-order valence-electron chi connectivity index (χ1n) is 7.02. The lowest BCUT2D eigenvalue weighted by molar-refractivity contribution is 0.247. The molecule has 108 valence electrons. The van der Waals surface area contributed by atoms with E-state index in [1.165, 1.54) is 11.1 Å². The van der Waals surface area contributed by atoms with Gasteiger partial charge in [0.15, 0.2) is 0 Å². The Labute approximate surface area is 125 Å². The number of hydrogen-bond acceptors (Lipinski definition) is 3. The Kier molecular flexibility index (Phi) is 5.22. The monoisotopic (exact) mass is 281 g/mol. The number of rotatable bonds is 6. The van der Waals surface area contributed by atoms with Gasteiger partial charge in [-0.05, 0) is 49.2 Å². The van der Waals surface area contributed by atoms with Crippen LogP contribution in [0.4, 0.5) is 0 Å². The summed E-state index contributed by atoms with van der Waals surface area (Å²) in [6, 6.07) is 15.5. The average Bonchev–Trinajstić information content (AvgIpc) is 2.46. The molecule has 0 N–H and O–H groups in total. The van der Waals surface area contributed by atoms with Gasteiger partial charge in [0.05, 0.1) is 18.8 Å². The smallest absolute Gasteiger partial charge is 0.137 e. The summed E-state index contributed by atoms with van der Waals surface area (Å²) in [7, 11) is 0. The van der Waals surface area contributed by atoms with E-state index < -0.39 is 0 Å². The molecule has 0 radical (unpaired) electrons. The lowest BCUT2D eigenvalue weighted by atomic mass is 10.1. The summed E-state index contributed by atoms with van der Waals surface area (Å²) in [4.78, 5) is 0. The van der Waals surface area contributed by atoms with E-state index in [-0.39, 0.29) is 0 Å².